The van der Waals surface area contributed by atoms with Crippen molar-refractivity contribution in [2.75, 3.05) is 0 Å². The van der Waals surface area contributed by atoms with Crippen molar-refractivity contribution in [1.29, 1.82) is 0 Å². The first-order chi connectivity index (χ1) is 9.25. The number of aromatic nitrogens is 4. The summed E-state index contributed by atoms with van der Waals surface area (Å²) in [5.74, 6) is 0.776. The minimum Gasteiger partial charge on any atom is -0.294 e. The smallest absolute Gasteiger partial charge is 0.195 e. The number of aromatic amines is 1. The highest BCUT2D eigenvalue weighted by atomic mass is 32.1. The van der Waals surface area contributed by atoms with Gasteiger partial charge in [0.15, 0.2) is 10.6 Å². The summed E-state index contributed by atoms with van der Waals surface area (Å²) in [6, 6.07) is 7.88. The molecule has 3 rings (SSSR count). The zero-order valence-electron chi connectivity index (χ0n) is 10.3. The topological polar surface area (TPSA) is 46.5 Å². The van der Waals surface area contributed by atoms with Crippen LogP contribution in [0.2, 0.25) is 0 Å². The molecule has 3 aromatic rings. The van der Waals surface area contributed by atoms with Gasteiger partial charge >= 0.3 is 0 Å². The summed E-state index contributed by atoms with van der Waals surface area (Å²) in [7, 11) is 0. The number of hydrogen-bond donors (Lipinski definition) is 1. The Morgan fingerprint density at radius 3 is 2.95 bits per heavy atom. The van der Waals surface area contributed by atoms with Crippen LogP contribution in [0.3, 0.4) is 0 Å². The highest BCUT2D eigenvalue weighted by molar-refractivity contribution is 7.71. The Kier molecular flexibility index (Phi) is 3.27. The Hall–Kier alpha value is -1.79. The molecule has 0 spiro atoms. The summed E-state index contributed by atoms with van der Waals surface area (Å²) in [5.41, 5.74) is 2.10. The normalized spacial score (nSPS) is 10.8. The average molecular weight is 288 g/mol. The number of nitrogens with zero attached hydrogens (tertiary/aromatic N) is 3. The first-order valence-corrected chi connectivity index (χ1v) is 7.14. The van der Waals surface area contributed by atoms with Gasteiger partial charge < -0.3 is 0 Å². The van der Waals surface area contributed by atoms with E-state index in [-0.39, 0.29) is 0 Å². The van der Waals surface area contributed by atoms with E-state index in [4.69, 9.17) is 12.2 Å². The molecule has 0 radical (unpaired) electrons. The molecule has 0 saturated carbocycles. The molecule has 3 aromatic heterocycles. The van der Waals surface area contributed by atoms with Crippen molar-refractivity contribution in [3.63, 3.8) is 0 Å². The number of H-pyrrole nitrogens is 1. The average Bonchev–Trinajstić information content (AvgIpc) is 2.99. The standard InChI is InChI=1S/C13H12N4S2/c1-9-5-7-19-11(9)8-17-12(15-16-13(17)18)10-4-2-3-6-14-10/h2-7H,8H2,1H3,(H,16,18). The van der Waals surface area contributed by atoms with Crippen LogP contribution in [0, 0.1) is 11.7 Å². The van der Waals surface area contributed by atoms with Gasteiger partial charge in [0, 0.05) is 11.1 Å². The Balaban J connectivity index is 2.05. The van der Waals surface area contributed by atoms with E-state index in [0.717, 1.165) is 18.1 Å². The van der Waals surface area contributed by atoms with Crippen molar-refractivity contribution in [2.45, 2.75) is 13.5 Å². The van der Waals surface area contributed by atoms with Crippen LogP contribution < -0.4 is 0 Å². The van der Waals surface area contributed by atoms with E-state index in [1.807, 2.05) is 22.8 Å². The lowest BCUT2D eigenvalue weighted by Gasteiger charge is -2.05. The van der Waals surface area contributed by atoms with Crippen LogP contribution >= 0.6 is 23.6 Å². The van der Waals surface area contributed by atoms with Crippen LogP contribution in [0.25, 0.3) is 11.5 Å². The van der Waals surface area contributed by atoms with Crippen LogP contribution in [-0.4, -0.2) is 19.7 Å². The van der Waals surface area contributed by atoms with Gasteiger partial charge in [0.2, 0.25) is 0 Å². The van der Waals surface area contributed by atoms with Gasteiger partial charge in [-0.2, -0.15) is 5.10 Å². The first kappa shape index (κ1) is 12.3. The number of rotatable bonds is 3. The fourth-order valence-electron chi connectivity index (χ4n) is 1.86. The second-order valence-electron chi connectivity index (χ2n) is 4.18. The summed E-state index contributed by atoms with van der Waals surface area (Å²) in [5, 5.41) is 9.22. The molecule has 4 nitrogen and oxygen atoms in total. The van der Waals surface area contributed by atoms with Gasteiger partial charge in [-0.25, -0.2) is 0 Å². The molecular weight excluding hydrogens is 276 g/mol. The molecule has 0 saturated heterocycles. The van der Waals surface area contributed by atoms with E-state index < -0.39 is 0 Å². The zero-order chi connectivity index (χ0) is 13.2. The molecule has 3 heterocycles. The zero-order valence-corrected chi connectivity index (χ0v) is 12.0. The fraction of sp³-hybridized carbons (Fsp3) is 0.154. The van der Waals surface area contributed by atoms with Crippen LogP contribution in [-0.2, 0) is 6.54 Å². The van der Waals surface area contributed by atoms with Crippen molar-refractivity contribution in [3.8, 4) is 11.5 Å². The second kappa shape index (κ2) is 5.07. The van der Waals surface area contributed by atoms with E-state index in [1.165, 1.54) is 10.4 Å². The quantitative estimate of drug-likeness (QED) is 0.751. The van der Waals surface area contributed by atoms with Gasteiger partial charge in [0.1, 0.15) is 5.69 Å². The van der Waals surface area contributed by atoms with Crippen LogP contribution in [0.1, 0.15) is 10.4 Å². The minimum absolute atomic E-state index is 0.619. The number of aryl methyl sites for hydroxylation is 1. The lowest BCUT2D eigenvalue weighted by Crippen LogP contribution is -2.02. The van der Waals surface area contributed by atoms with E-state index in [0.29, 0.717) is 4.77 Å². The highest BCUT2D eigenvalue weighted by Crippen LogP contribution is 2.20. The molecule has 0 atom stereocenters. The van der Waals surface area contributed by atoms with Crippen molar-refractivity contribution in [2.24, 2.45) is 0 Å². The Morgan fingerprint density at radius 2 is 2.26 bits per heavy atom. The summed E-state index contributed by atoms with van der Waals surface area (Å²) in [6.07, 6.45) is 1.76. The molecule has 19 heavy (non-hydrogen) atoms. The lowest BCUT2D eigenvalue weighted by molar-refractivity contribution is 0.795. The first-order valence-electron chi connectivity index (χ1n) is 5.85. The van der Waals surface area contributed by atoms with Gasteiger partial charge in [0.25, 0.3) is 0 Å². The lowest BCUT2D eigenvalue weighted by atomic mass is 10.3. The Morgan fingerprint density at radius 1 is 1.37 bits per heavy atom. The predicted octanol–water partition coefficient (Wildman–Crippen LogP) is 3.42. The monoisotopic (exact) mass is 288 g/mol. The molecule has 6 heteroatoms. The summed E-state index contributed by atoms with van der Waals surface area (Å²) >= 11 is 7.04. The molecule has 0 aliphatic carbocycles. The van der Waals surface area contributed by atoms with Crippen molar-refractivity contribution >= 4 is 23.6 Å². The SMILES string of the molecule is Cc1ccsc1Cn1c(-c2ccccn2)n[nH]c1=S. The van der Waals surface area contributed by atoms with Gasteiger partial charge in [-0.3, -0.25) is 14.6 Å². The molecule has 0 aliphatic rings. The maximum absolute atomic E-state index is 5.31. The summed E-state index contributed by atoms with van der Waals surface area (Å²) < 4.78 is 2.60. The molecule has 96 valence electrons. The third-order valence-electron chi connectivity index (χ3n) is 2.92. The molecule has 0 amide bonds. The molecule has 1 N–H and O–H groups in total. The van der Waals surface area contributed by atoms with E-state index in [2.05, 4.69) is 33.6 Å². The minimum atomic E-state index is 0.619. The van der Waals surface area contributed by atoms with Crippen molar-refractivity contribution in [1.82, 2.24) is 19.7 Å². The van der Waals surface area contributed by atoms with Gasteiger partial charge in [-0.1, -0.05) is 6.07 Å². The van der Waals surface area contributed by atoms with E-state index in [9.17, 15) is 0 Å². The fourth-order valence-corrected chi connectivity index (χ4v) is 2.96. The van der Waals surface area contributed by atoms with Gasteiger partial charge in [-0.05, 0) is 48.3 Å². The number of nitrogens with one attached hydrogen (secondary N) is 1. The third-order valence-corrected chi connectivity index (χ3v) is 4.24. The highest BCUT2D eigenvalue weighted by Gasteiger charge is 2.11. The second-order valence-corrected chi connectivity index (χ2v) is 5.57. The molecule has 0 aromatic carbocycles. The molecule has 0 bridgehead atoms. The van der Waals surface area contributed by atoms with Crippen LogP contribution in [0.4, 0.5) is 0 Å². The summed E-state index contributed by atoms with van der Waals surface area (Å²) in [6.45, 7) is 2.83. The van der Waals surface area contributed by atoms with E-state index in [1.54, 1.807) is 17.5 Å². The van der Waals surface area contributed by atoms with Gasteiger partial charge in [0.05, 0.1) is 6.54 Å². The number of pyridine rings is 1. The molecule has 0 unspecified atom stereocenters. The molecule has 0 aliphatic heterocycles. The Bertz CT molecular complexity index is 739. The maximum Gasteiger partial charge on any atom is 0.195 e. The predicted molar refractivity (Wildman–Crippen MR) is 78.8 cm³/mol. The maximum atomic E-state index is 5.31. The summed E-state index contributed by atoms with van der Waals surface area (Å²) in [4.78, 5) is 5.62. The Labute approximate surface area is 119 Å². The van der Waals surface area contributed by atoms with E-state index >= 15 is 0 Å². The molecule has 0 fully saturated rings. The number of thiophene rings is 1. The van der Waals surface area contributed by atoms with Crippen molar-refractivity contribution < 1.29 is 0 Å². The largest absolute Gasteiger partial charge is 0.294 e. The molecular formula is C13H12N4S2. The third kappa shape index (κ3) is 2.36. The number of hydrogen-bond acceptors (Lipinski definition) is 4. The van der Waals surface area contributed by atoms with Crippen molar-refractivity contribution in [3.05, 3.63) is 51.1 Å². The van der Waals surface area contributed by atoms with Crippen LogP contribution in [0.5, 0.6) is 0 Å². The van der Waals surface area contributed by atoms with Crippen LogP contribution in [0.15, 0.2) is 35.8 Å². The van der Waals surface area contributed by atoms with Gasteiger partial charge in [-0.15, -0.1) is 11.3 Å².